The number of carbonyl (C=O) groups is 4. The first-order valence-corrected chi connectivity index (χ1v) is 10.6. The van der Waals surface area contributed by atoms with E-state index in [0.717, 1.165) is 4.90 Å². The summed E-state index contributed by atoms with van der Waals surface area (Å²) in [5.74, 6) is -1.69. The minimum atomic E-state index is -0.730. The summed E-state index contributed by atoms with van der Waals surface area (Å²) in [4.78, 5) is 52.9. The van der Waals surface area contributed by atoms with Crippen LogP contribution in [0.25, 0.3) is 0 Å². The molecule has 0 spiro atoms. The van der Waals surface area contributed by atoms with Crippen molar-refractivity contribution in [3.05, 3.63) is 71.0 Å². The van der Waals surface area contributed by atoms with Crippen LogP contribution < -0.4 is 5.32 Å². The zero-order valence-corrected chi connectivity index (χ0v) is 18.1. The lowest BCUT2D eigenvalue weighted by molar-refractivity contribution is -0.140. The summed E-state index contributed by atoms with van der Waals surface area (Å²) in [6, 6.07) is 11.6. The summed E-state index contributed by atoms with van der Waals surface area (Å²) in [6.07, 6.45) is 0.324. The van der Waals surface area contributed by atoms with Crippen LogP contribution in [0.4, 0.5) is 4.39 Å². The lowest BCUT2D eigenvalue weighted by atomic mass is 10.1. The Bertz CT molecular complexity index is 987. The van der Waals surface area contributed by atoms with E-state index < -0.39 is 6.04 Å². The molecule has 4 amide bonds. The van der Waals surface area contributed by atoms with Crippen LogP contribution in [0, 0.1) is 5.82 Å². The Hall–Kier alpha value is -3.55. The van der Waals surface area contributed by atoms with E-state index in [2.05, 4.69) is 5.32 Å². The normalized spacial score (nSPS) is 13.7. The summed E-state index contributed by atoms with van der Waals surface area (Å²) in [5, 5.41) is 2.71. The first-order chi connectivity index (χ1) is 15.3. The maximum atomic E-state index is 13.2. The van der Waals surface area contributed by atoms with Crippen LogP contribution in [-0.2, 0) is 16.1 Å². The Morgan fingerprint density at radius 3 is 2.19 bits per heavy atom. The van der Waals surface area contributed by atoms with Crippen molar-refractivity contribution in [3.63, 3.8) is 0 Å². The molecule has 0 radical (unpaired) electrons. The average Bonchev–Trinajstić information content (AvgIpc) is 3.03. The molecule has 0 unspecified atom stereocenters. The molecule has 7 nitrogen and oxygen atoms in total. The third-order valence-corrected chi connectivity index (χ3v) is 5.44. The number of fused-ring (bicyclic) bond motifs is 1. The van der Waals surface area contributed by atoms with Crippen molar-refractivity contribution in [2.45, 2.75) is 39.3 Å². The Morgan fingerprint density at radius 2 is 1.62 bits per heavy atom. The molecule has 0 fully saturated rings. The third-order valence-electron chi connectivity index (χ3n) is 5.44. The molecular weight excluding hydrogens is 413 g/mol. The molecule has 32 heavy (non-hydrogen) atoms. The number of carbonyl (C=O) groups excluding carboxylic acids is 4. The smallest absolute Gasteiger partial charge is 0.261 e. The first-order valence-electron chi connectivity index (χ1n) is 10.6. The summed E-state index contributed by atoms with van der Waals surface area (Å²) >= 11 is 0. The first kappa shape index (κ1) is 23.1. The summed E-state index contributed by atoms with van der Waals surface area (Å²) in [6.45, 7) is 4.11. The molecule has 1 atom stereocenters. The fraction of sp³-hybridized carbons (Fsp3) is 0.333. The van der Waals surface area contributed by atoms with Gasteiger partial charge in [-0.2, -0.15) is 0 Å². The zero-order valence-electron chi connectivity index (χ0n) is 18.1. The molecule has 2 aromatic rings. The second-order valence-electron chi connectivity index (χ2n) is 7.63. The molecule has 0 aromatic heterocycles. The van der Waals surface area contributed by atoms with Gasteiger partial charge in [-0.3, -0.25) is 24.1 Å². The highest BCUT2D eigenvalue weighted by Gasteiger charge is 2.35. The summed E-state index contributed by atoms with van der Waals surface area (Å²) in [7, 11) is 0. The predicted octanol–water partition coefficient (Wildman–Crippen LogP) is 2.76. The Balaban J connectivity index is 1.65. The van der Waals surface area contributed by atoms with E-state index in [9.17, 15) is 23.6 Å². The predicted molar refractivity (Wildman–Crippen MR) is 116 cm³/mol. The molecule has 8 heteroatoms. The van der Waals surface area contributed by atoms with Crippen molar-refractivity contribution < 1.29 is 23.6 Å². The van der Waals surface area contributed by atoms with Crippen molar-refractivity contribution in [3.8, 4) is 0 Å². The number of hydrogen-bond acceptors (Lipinski definition) is 4. The van der Waals surface area contributed by atoms with Gasteiger partial charge < -0.3 is 10.2 Å². The maximum Gasteiger partial charge on any atom is 0.261 e. The van der Waals surface area contributed by atoms with E-state index in [4.69, 9.17) is 0 Å². The van der Waals surface area contributed by atoms with E-state index in [1.54, 1.807) is 50.2 Å². The quantitative estimate of drug-likeness (QED) is 0.609. The van der Waals surface area contributed by atoms with Crippen LogP contribution in [0.1, 0.15) is 53.0 Å². The zero-order chi connectivity index (χ0) is 23.3. The minimum Gasteiger partial charge on any atom is -0.355 e. The summed E-state index contributed by atoms with van der Waals surface area (Å²) in [5.41, 5.74) is 1.43. The van der Waals surface area contributed by atoms with Gasteiger partial charge in [0.2, 0.25) is 11.8 Å². The Labute approximate surface area is 186 Å². The number of nitrogens with zero attached hydrogens (tertiary/aromatic N) is 2. The van der Waals surface area contributed by atoms with Crippen molar-refractivity contribution in [1.29, 1.82) is 0 Å². The highest BCUT2D eigenvalue weighted by atomic mass is 19.1. The van der Waals surface area contributed by atoms with Crippen LogP contribution in [0.3, 0.4) is 0 Å². The highest BCUT2D eigenvalue weighted by Crippen LogP contribution is 2.23. The number of amides is 4. The van der Waals surface area contributed by atoms with Gasteiger partial charge in [0.05, 0.1) is 11.1 Å². The van der Waals surface area contributed by atoms with Gasteiger partial charge in [-0.15, -0.1) is 0 Å². The Kier molecular flexibility index (Phi) is 7.35. The number of hydrogen-bond donors (Lipinski definition) is 1. The molecular formula is C24H26FN3O4. The van der Waals surface area contributed by atoms with Gasteiger partial charge >= 0.3 is 0 Å². The molecule has 2 aromatic carbocycles. The molecule has 1 N–H and O–H groups in total. The van der Waals surface area contributed by atoms with E-state index in [0.29, 0.717) is 23.2 Å². The second kappa shape index (κ2) is 10.2. The van der Waals surface area contributed by atoms with Crippen LogP contribution in [0.15, 0.2) is 48.5 Å². The monoisotopic (exact) mass is 439 g/mol. The van der Waals surface area contributed by atoms with Gasteiger partial charge in [0.15, 0.2) is 0 Å². The van der Waals surface area contributed by atoms with Crippen LogP contribution in [-0.4, -0.2) is 52.6 Å². The van der Waals surface area contributed by atoms with Crippen LogP contribution in [0.5, 0.6) is 0 Å². The Morgan fingerprint density at radius 1 is 1.03 bits per heavy atom. The van der Waals surface area contributed by atoms with E-state index in [1.807, 2.05) is 0 Å². The van der Waals surface area contributed by atoms with Crippen LogP contribution >= 0.6 is 0 Å². The molecule has 0 bridgehead atoms. The van der Waals surface area contributed by atoms with Crippen molar-refractivity contribution >= 4 is 23.6 Å². The second-order valence-corrected chi connectivity index (χ2v) is 7.63. The van der Waals surface area contributed by atoms with Gasteiger partial charge in [-0.25, -0.2) is 4.39 Å². The number of nitrogens with one attached hydrogen (secondary N) is 1. The van der Waals surface area contributed by atoms with Crippen molar-refractivity contribution in [1.82, 2.24) is 15.1 Å². The van der Waals surface area contributed by atoms with Crippen molar-refractivity contribution in [2.75, 3.05) is 13.1 Å². The van der Waals surface area contributed by atoms with Gasteiger partial charge in [0.1, 0.15) is 11.9 Å². The fourth-order valence-electron chi connectivity index (χ4n) is 3.67. The number of halogens is 1. The van der Waals surface area contributed by atoms with Gasteiger partial charge in [0.25, 0.3) is 11.8 Å². The van der Waals surface area contributed by atoms with Crippen molar-refractivity contribution in [2.24, 2.45) is 0 Å². The number of rotatable bonds is 9. The molecule has 168 valence electrons. The van der Waals surface area contributed by atoms with E-state index in [-0.39, 0.29) is 55.4 Å². The number of likely N-dealkylation sites (N-methyl/N-ethyl adjacent to an activating group) is 1. The molecule has 1 aliphatic heterocycles. The topological polar surface area (TPSA) is 86.8 Å². The lowest BCUT2D eigenvalue weighted by Gasteiger charge is -2.29. The largest absolute Gasteiger partial charge is 0.355 e. The van der Waals surface area contributed by atoms with E-state index >= 15 is 0 Å². The molecule has 1 heterocycles. The SMILES string of the molecule is CCNC(=O)[C@H](C)N(Cc1ccc(F)cc1)C(=O)CCCN1C(=O)c2ccccc2C1=O. The van der Waals surface area contributed by atoms with Gasteiger partial charge in [-0.1, -0.05) is 24.3 Å². The van der Waals surface area contributed by atoms with Gasteiger partial charge in [0, 0.05) is 26.1 Å². The average molecular weight is 439 g/mol. The molecule has 0 saturated carbocycles. The third kappa shape index (κ3) is 5.01. The van der Waals surface area contributed by atoms with Crippen LogP contribution in [0.2, 0.25) is 0 Å². The summed E-state index contributed by atoms with van der Waals surface area (Å²) < 4.78 is 13.2. The molecule has 1 aliphatic rings. The molecule has 3 rings (SSSR count). The molecule has 0 saturated heterocycles. The number of benzene rings is 2. The standard InChI is InChI=1S/C24H26FN3O4/c1-3-26-22(30)16(2)28(15-17-10-12-18(25)13-11-17)21(29)9-6-14-27-23(31)19-7-4-5-8-20(19)24(27)32/h4-5,7-8,10-13,16H,3,6,9,14-15H2,1-2H3,(H,26,30)/t16-/m0/s1. The fourth-order valence-corrected chi connectivity index (χ4v) is 3.67. The lowest BCUT2D eigenvalue weighted by Crippen LogP contribution is -2.47. The maximum absolute atomic E-state index is 13.2. The van der Waals surface area contributed by atoms with E-state index in [1.165, 1.54) is 17.0 Å². The highest BCUT2D eigenvalue weighted by molar-refractivity contribution is 6.21. The molecule has 0 aliphatic carbocycles. The number of imide groups is 1. The minimum absolute atomic E-state index is 0.0539. The van der Waals surface area contributed by atoms with Gasteiger partial charge in [-0.05, 0) is 50.1 Å².